The highest BCUT2D eigenvalue weighted by molar-refractivity contribution is 6.30. The van der Waals surface area contributed by atoms with Crippen LogP contribution in [0.2, 0.25) is 5.02 Å². The van der Waals surface area contributed by atoms with E-state index in [4.69, 9.17) is 20.8 Å². The van der Waals surface area contributed by atoms with Crippen molar-refractivity contribution in [2.45, 2.75) is 31.5 Å². The van der Waals surface area contributed by atoms with Crippen molar-refractivity contribution in [1.82, 2.24) is 15.6 Å². The number of hydrogen-bond donors (Lipinski definition) is 3. The molecule has 0 saturated heterocycles. The largest absolute Gasteiger partial charge is 0.484 e. The Kier molecular flexibility index (Phi) is 8.63. The summed E-state index contributed by atoms with van der Waals surface area (Å²) in [6.07, 6.45) is 3.03. The third-order valence-corrected chi connectivity index (χ3v) is 4.10. The van der Waals surface area contributed by atoms with Crippen LogP contribution in [-0.2, 0) is 16.1 Å². The molecule has 3 N–H and O–H groups in total. The van der Waals surface area contributed by atoms with Crippen LogP contribution in [0.3, 0.4) is 0 Å². The molecule has 2 rings (SSSR count). The smallest absolute Gasteiger partial charge is 0.258 e. The molecule has 1 aromatic heterocycles. The Morgan fingerprint density at radius 1 is 1.41 bits per heavy atom. The van der Waals surface area contributed by atoms with E-state index in [9.17, 15) is 19.1 Å². The molecule has 0 spiro atoms. The highest BCUT2D eigenvalue weighted by Gasteiger charge is 2.17. The molecule has 2 amide bonds. The van der Waals surface area contributed by atoms with Crippen LogP contribution in [-0.4, -0.2) is 40.7 Å². The molecule has 0 saturated carbocycles. The van der Waals surface area contributed by atoms with E-state index in [-0.39, 0.29) is 42.7 Å². The molecule has 2 atom stereocenters. The van der Waals surface area contributed by atoms with Crippen molar-refractivity contribution in [2.24, 2.45) is 0 Å². The minimum Gasteiger partial charge on any atom is -0.484 e. The first-order valence-corrected chi connectivity index (χ1v) is 9.06. The first kappa shape index (κ1) is 22.4. The molecule has 0 aliphatic carbocycles. The Bertz CT molecular complexity index is 831. The van der Waals surface area contributed by atoms with Gasteiger partial charge in [-0.25, -0.2) is 9.37 Å². The molecule has 8 nitrogen and oxygen atoms in total. The van der Waals surface area contributed by atoms with Crippen LogP contribution in [0.5, 0.6) is 5.75 Å². The SMILES string of the molecule is C=CC(CC(O)CC(=O)NCc1cocn1)NC(=O)COc1ccc(Cl)c(F)c1. The van der Waals surface area contributed by atoms with Crippen molar-refractivity contribution in [3.63, 3.8) is 0 Å². The Balaban J connectivity index is 1.71. The van der Waals surface area contributed by atoms with Gasteiger partial charge in [0, 0.05) is 12.1 Å². The predicted octanol–water partition coefficient (Wildman–Crippen LogP) is 1.97. The van der Waals surface area contributed by atoms with Crippen LogP contribution >= 0.6 is 11.6 Å². The van der Waals surface area contributed by atoms with Gasteiger partial charge in [-0.3, -0.25) is 9.59 Å². The maximum Gasteiger partial charge on any atom is 0.258 e. The molecule has 1 heterocycles. The van der Waals surface area contributed by atoms with Crippen molar-refractivity contribution < 1.29 is 28.2 Å². The molecule has 0 fully saturated rings. The van der Waals surface area contributed by atoms with E-state index in [0.717, 1.165) is 6.07 Å². The van der Waals surface area contributed by atoms with Gasteiger partial charge in [-0.2, -0.15) is 0 Å². The fourth-order valence-corrected chi connectivity index (χ4v) is 2.47. The number of carbonyl (C=O) groups excluding carboxylic acids is 2. The van der Waals surface area contributed by atoms with Gasteiger partial charge >= 0.3 is 0 Å². The van der Waals surface area contributed by atoms with Crippen LogP contribution in [0.25, 0.3) is 0 Å². The molecule has 29 heavy (non-hydrogen) atoms. The highest BCUT2D eigenvalue weighted by Crippen LogP contribution is 2.20. The lowest BCUT2D eigenvalue weighted by Crippen LogP contribution is -2.39. The average molecular weight is 426 g/mol. The number of rotatable bonds is 11. The third kappa shape index (κ3) is 7.92. The van der Waals surface area contributed by atoms with Crippen molar-refractivity contribution in [2.75, 3.05) is 6.61 Å². The van der Waals surface area contributed by atoms with Crippen LogP contribution in [0, 0.1) is 5.82 Å². The molecule has 10 heteroatoms. The lowest BCUT2D eigenvalue weighted by atomic mass is 10.1. The molecule has 1 aromatic carbocycles. The highest BCUT2D eigenvalue weighted by atomic mass is 35.5. The van der Waals surface area contributed by atoms with Crippen LogP contribution in [0.4, 0.5) is 4.39 Å². The van der Waals surface area contributed by atoms with E-state index >= 15 is 0 Å². The molecule has 0 aliphatic heterocycles. The minimum atomic E-state index is -0.998. The number of aliphatic hydroxyl groups excluding tert-OH is 1. The maximum absolute atomic E-state index is 13.4. The first-order valence-electron chi connectivity index (χ1n) is 8.69. The standard InChI is InChI=1S/C19H21ClFN3O5/c1-2-12(5-14(25)6-18(26)22-8-13-9-28-11-23-13)24-19(27)10-29-15-3-4-16(20)17(21)7-15/h2-4,7,9,11-12,14,25H,1,5-6,8,10H2,(H,22,26)(H,24,27). The number of oxazole rings is 1. The van der Waals surface area contributed by atoms with Gasteiger partial charge in [0.15, 0.2) is 13.0 Å². The summed E-state index contributed by atoms with van der Waals surface area (Å²) in [5.41, 5.74) is 0.560. The van der Waals surface area contributed by atoms with Gasteiger partial charge in [-0.05, 0) is 18.6 Å². The lowest BCUT2D eigenvalue weighted by Gasteiger charge is -2.18. The molecule has 0 bridgehead atoms. The number of amides is 2. The number of nitrogens with zero attached hydrogens (tertiary/aromatic N) is 1. The van der Waals surface area contributed by atoms with E-state index in [1.807, 2.05) is 0 Å². The van der Waals surface area contributed by atoms with Gasteiger partial charge < -0.3 is 24.9 Å². The normalized spacial score (nSPS) is 12.7. The summed E-state index contributed by atoms with van der Waals surface area (Å²) in [7, 11) is 0. The topological polar surface area (TPSA) is 114 Å². The number of halogens is 2. The zero-order chi connectivity index (χ0) is 21.2. The molecular weight excluding hydrogens is 405 g/mol. The van der Waals surface area contributed by atoms with Crippen molar-refractivity contribution in [3.8, 4) is 5.75 Å². The van der Waals surface area contributed by atoms with Gasteiger partial charge in [0.05, 0.1) is 29.8 Å². The van der Waals surface area contributed by atoms with Crippen LogP contribution in [0.15, 0.2) is 47.9 Å². The first-order chi connectivity index (χ1) is 13.9. The van der Waals surface area contributed by atoms with E-state index in [1.54, 1.807) is 0 Å². The fourth-order valence-electron chi connectivity index (χ4n) is 2.35. The Morgan fingerprint density at radius 2 is 2.21 bits per heavy atom. The van der Waals surface area contributed by atoms with E-state index < -0.39 is 23.9 Å². The van der Waals surface area contributed by atoms with Crippen LogP contribution < -0.4 is 15.4 Å². The second kappa shape index (κ2) is 11.2. The van der Waals surface area contributed by atoms with Gasteiger partial charge in [0.1, 0.15) is 17.8 Å². The Labute approximate surface area is 171 Å². The average Bonchev–Trinajstić information content (AvgIpc) is 3.20. The van der Waals surface area contributed by atoms with E-state index in [0.29, 0.717) is 5.69 Å². The number of aliphatic hydroxyl groups is 1. The maximum atomic E-state index is 13.4. The summed E-state index contributed by atoms with van der Waals surface area (Å²) in [5, 5.41) is 15.2. The monoisotopic (exact) mass is 425 g/mol. The Hall–Kier alpha value is -2.91. The molecular formula is C19H21ClFN3O5. The second-order valence-electron chi connectivity index (χ2n) is 6.12. The summed E-state index contributed by atoms with van der Waals surface area (Å²) in [5.74, 6) is -1.37. The van der Waals surface area contributed by atoms with Crippen LogP contribution in [0.1, 0.15) is 18.5 Å². The van der Waals surface area contributed by atoms with Gasteiger partial charge in [-0.15, -0.1) is 6.58 Å². The minimum absolute atomic E-state index is 0.0485. The number of hydrogen-bond acceptors (Lipinski definition) is 6. The number of aromatic nitrogens is 1. The quantitative estimate of drug-likeness (QED) is 0.474. The molecule has 0 radical (unpaired) electrons. The van der Waals surface area contributed by atoms with Gasteiger partial charge in [0.25, 0.3) is 5.91 Å². The van der Waals surface area contributed by atoms with Crippen molar-refractivity contribution in [3.05, 3.63) is 60.0 Å². The number of benzene rings is 1. The second-order valence-corrected chi connectivity index (χ2v) is 6.53. The van der Waals surface area contributed by atoms with Gasteiger partial charge in [0.2, 0.25) is 5.91 Å². The number of ether oxygens (including phenoxy) is 1. The Morgan fingerprint density at radius 3 is 2.86 bits per heavy atom. The fraction of sp³-hybridized carbons (Fsp3) is 0.316. The summed E-state index contributed by atoms with van der Waals surface area (Å²) in [6, 6.07) is 3.25. The molecule has 2 aromatic rings. The molecule has 2 unspecified atom stereocenters. The summed E-state index contributed by atoms with van der Waals surface area (Å²) >= 11 is 5.58. The van der Waals surface area contributed by atoms with E-state index in [2.05, 4.69) is 22.2 Å². The molecule has 156 valence electrons. The zero-order valence-corrected chi connectivity index (χ0v) is 16.2. The summed E-state index contributed by atoms with van der Waals surface area (Å²) in [4.78, 5) is 27.7. The van der Waals surface area contributed by atoms with Crippen molar-refractivity contribution >= 4 is 23.4 Å². The predicted molar refractivity (Wildman–Crippen MR) is 103 cm³/mol. The summed E-state index contributed by atoms with van der Waals surface area (Å²) in [6.45, 7) is 3.43. The lowest BCUT2D eigenvalue weighted by molar-refractivity contribution is -0.123. The number of nitrogens with one attached hydrogen (secondary N) is 2. The number of carbonyl (C=O) groups is 2. The zero-order valence-electron chi connectivity index (χ0n) is 15.4. The summed E-state index contributed by atoms with van der Waals surface area (Å²) < 4.78 is 23.4. The third-order valence-electron chi connectivity index (χ3n) is 3.79. The van der Waals surface area contributed by atoms with Crippen molar-refractivity contribution in [1.29, 1.82) is 0 Å². The molecule has 0 aliphatic rings. The van der Waals surface area contributed by atoms with Gasteiger partial charge in [-0.1, -0.05) is 17.7 Å². The van der Waals surface area contributed by atoms with E-state index in [1.165, 1.54) is 30.9 Å².